The molecule has 0 aromatic heterocycles. The zero-order chi connectivity index (χ0) is 18.8. The normalized spacial score (nSPS) is 22.5. The zero-order valence-corrected chi connectivity index (χ0v) is 19.0. The fourth-order valence-corrected chi connectivity index (χ4v) is 4.61. The van der Waals surface area contributed by atoms with Crippen LogP contribution in [0.1, 0.15) is 77.0 Å². The third-order valence-electron chi connectivity index (χ3n) is 5.46. The van der Waals surface area contributed by atoms with Crippen molar-refractivity contribution >= 4 is 43.7 Å². The van der Waals surface area contributed by atoms with Crippen LogP contribution in [-0.2, 0) is 9.59 Å². The number of halogens is 2. The Balaban J connectivity index is 2.29. The molecule has 1 heterocycles. The van der Waals surface area contributed by atoms with Gasteiger partial charge in [-0.05, 0) is 25.7 Å². The average Bonchev–Trinajstić information content (AvgIpc) is 2.86. The van der Waals surface area contributed by atoms with Crippen molar-refractivity contribution in [2.24, 2.45) is 0 Å². The Labute approximate surface area is 175 Å². The van der Waals surface area contributed by atoms with Gasteiger partial charge in [0.15, 0.2) is 0 Å². The van der Waals surface area contributed by atoms with Gasteiger partial charge in [0, 0.05) is 19.1 Å². The van der Waals surface area contributed by atoms with Crippen molar-refractivity contribution in [2.75, 3.05) is 23.7 Å². The summed E-state index contributed by atoms with van der Waals surface area (Å²) in [5.74, 6) is -0.0738. The second-order valence-corrected chi connectivity index (χ2v) is 8.52. The minimum atomic E-state index is -0.0407. The first kappa shape index (κ1) is 22.2. The van der Waals surface area contributed by atoms with E-state index in [-0.39, 0.29) is 22.5 Å². The summed E-state index contributed by atoms with van der Waals surface area (Å²) in [5, 5.41) is 6.11. The van der Waals surface area contributed by atoms with Gasteiger partial charge >= 0.3 is 0 Å². The second kappa shape index (κ2) is 12.3. The molecule has 0 aromatic carbocycles. The van der Waals surface area contributed by atoms with E-state index < -0.39 is 0 Å². The first-order valence-electron chi connectivity index (χ1n) is 10.2. The lowest BCUT2D eigenvalue weighted by molar-refractivity contribution is -0.210. The van der Waals surface area contributed by atoms with E-state index in [1.165, 1.54) is 38.5 Å². The number of hydrazine groups is 2. The standard InChI is InChI=1S/C19H33Br2N3O2/c20-15-18(25)23-14-10-6-5-9-13-22(24(23)19(26)16-21)17-11-7-3-1-2-4-8-12-17/h17H,1-16H2. The van der Waals surface area contributed by atoms with Crippen molar-refractivity contribution in [1.82, 2.24) is 15.1 Å². The van der Waals surface area contributed by atoms with Crippen LogP contribution in [0.25, 0.3) is 0 Å². The molecule has 26 heavy (non-hydrogen) atoms. The molecule has 1 saturated heterocycles. The smallest absolute Gasteiger partial charge is 0.266 e. The van der Waals surface area contributed by atoms with Gasteiger partial charge in [-0.3, -0.25) is 9.59 Å². The van der Waals surface area contributed by atoms with E-state index in [2.05, 4.69) is 36.9 Å². The number of amides is 2. The van der Waals surface area contributed by atoms with E-state index in [0.29, 0.717) is 12.6 Å². The zero-order valence-electron chi connectivity index (χ0n) is 15.8. The predicted molar refractivity (Wildman–Crippen MR) is 112 cm³/mol. The summed E-state index contributed by atoms with van der Waals surface area (Å²) < 4.78 is 0. The first-order chi connectivity index (χ1) is 12.7. The molecule has 2 rings (SSSR count). The van der Waals surface area contributed by atoms with E-state index in [4.69, 9.17) is 0 Å². The molecule has 2 aliphatic rings. The van der Waals surface area contributed by atoms with Crippen LogP contribution in [0.15, 0.2) is 0 Å². The van der Waals surface area contributed by atoms with Crippen LogP contribution in [0.4, 0.5) is 0 Å². The van der Waals surface area contributed by atoms with Crippen LogP contribution in [0.5, 0.6) is 0 Å². The van der Waals surface area contributed by atoms with Crippen LogP contribution < -0.4 is 0 Å². The molecule has 0 aromatic rings. The molecule has 1 aliphatic carbocycles. The van der Waals surface area contributed by atoms with Crippen LogP contribution in [-0.4, -0.2) is 56.7 Å². The van der Waals surface area contributed by atoms with Gasteiger partial charge in [0.05, 0.1) is 10.7 Å². The molecule has 5 nitrogen and oxygen atoms in total. The third kappa shape index (κ3) is 6.48. The maximum atomic E-state index is 12.9. The van der Waals surface area contributed by atoms with E-state index in [1.807, 2.05) is 0 Å². The summed E-state index contributed by atoms with van der Waals surface area (Å²) >= 11 is 6.64. The number of hydrogen-bond acceptors (Lipinski definition) is 3. The van der Waals surface area contributed by atoms with Crippen LogP contribution in [0.2, 0.25) is 0 Å². The molecule has 1 aliphatic heterocycles. The van der Waals surface area contributed by atoms with Crippen molar-refractivity contribution < 1.29 is 9.59 Å². The summed E-state index contributed by atoms with van der Waals surface area (Å²) in [6.45, 7) is 1.47. The molecule has 2 amide bonds. The summed E-state index contributed by atoms with van der Waals surface area (Å²) in [7, 11) is 0. The number of nitrogens with zero attached hydrogens (tertiary/aromatic N) is 3. The quantitative estimate of drug-likeness (QED) is 0.536. The minimum Gasteiger partial charge on any atom is -0.272 e. The minimum absolute atomic E-state index is 0.0331. The van der Waals surface area contributed by atoms with E-state index >= 15 is 0 Å². The molecule has 0 N–H and O–H groups in total. The van der Waals surface area contributed by atoms with Crippen molar-refractivity contribution in [1.29, 1.82) is 0 Å². The molecule has 150 valence electrons. The predicted octanol–water partition coefficient (Wildman–Crippen LogP) is 4.64. The molecular formula is C19H33Br2N3O2. The second-order valence-electron chi connectivity index (χ2n) is 7.40. The molecular weight excluding hydrogens is 462 g/mol. The monoisotopic (exact) mass is 493 g/mol. The van der Waals surface area contributed by atoms with E-state index in [1.54, 1.807) is 10.1 Å². The van der Waals surface area contributed by atoms with Gasteiger partial charge in [0.1, 0.15) is 0 Å². The van der Waals surface area contributed by atoms with Gasteiger partial charge < -0.3 is 0 Å². The molecule has 0 atom stereocenters. The Hall–Kier alpha value is -0.140. The van der Waals surface area contributed by atoms with E-state index in [9.17, 15) is 9.59 Å². The van der Waals surface area contributed by atoms with Gasteiger partial charge in [0.25, 0.3) is 11.8 Å². The molecule has 0 unspecified atom stereocenters. The SMILES string of the molecule is O=C(CBr)N1CCCCCCN(C2CCCCCCCC2)N1C(=O)CBr. The number of hydrogen-bond donors (Lipinski definition) is 0. The maximum absolute atomic E-state index is 12.9. The Morgan fingerprint density at radius 1 is 0.692 bits per heavy atom. The van der Waals surface area contributed by atoms with E-state index in [0.717, 1.165) is 45.1 Å². The Bertz CT molecular complexity index is 441. The number of alkyl halides is 2. The summed E-state index contributed by atoms with van der Waals surface area (Å²) in [4.78, 5) is 25.5. The third-order valence-corrected chi connectivity index (χ3v) is 6.42. The highest BCUT2D eigenvalue weighted by Gasteiger charge is 2.34. The highest BCUT2D eigenvalue weighted by Crippen LogP contribution is 2.25. The topological polar surface area (TPSA) is 43.9 Å². The molecule has 1 saturated carbocycles. The lowest BCUT2D eigenvalue weighted by Gasteiger charge is -2.45. The fourth-order valence-electron chi connectivity index (χ4n) is 4.09. The van der Waals surface area contributed by atoms with Crippen molar-refractivity contribution in [3.63, 3.8) is 0 Å². The molecule has 2 fully saturated rings. The Morgan fingerprint density at radius 2 is 1.19 bits per heavy atom. The molecule has 0 spiro atoms. The number of carbonyl (C=O) groups excluding carboxylic acids is 2. The van der Waals surface area contributed by atoms with Gasteiger partial charge in [-0.25, -0.2) is 5.01 Å². The lowest BCUT2D eigenvalue weighted by atomic mass is 10.0. The fraction of sp³-hybridized carbons (Fsp3) is 0.895. The van der Waals surface area contributed by atoms with Crippen molar-refractivity contribution in [2.45, 2.75) is 83.1 Å². The van der Waals surface area contributed by atoms with Gasteiger partial charge in [-0.15, -0.1) is 0 Å². The molecule has 0 bridgehead atoms. The van der Waals surface area contributed by atoms with Crippen LogP contribution in [0.3, 0.4) is 0 Å². The van der Waals surface area contributed by atoms with Gasteiger partial charge in [0.2, 0.25) is 0 Å². The number of rotatable bonds is 3. The Morgan fingerprint density at radius 3 is 1.77 bits per heavy atom. The average molecular weight is 495 g/mol. The summed E-state index contributed by atoms with van der Waals surface area (Å²) in [5.41, 5.74) is 0. The maximum Gasteiger partial charge on any atom is 0.266 e. The first-order valence-corrected chi connectivity index (χ1v) is 12.4. The van der Waals surface area contributed by atoms with Crippen LogP contribution >= 0.6 is 31.9 Å². The summed E-state index contributed by atoms with van der Waals surface area (Å²) in [6, 6.07) is 0.347. The lowest BCUT2D eigenvalue weighted by Crippen LogP contribution is -2.62. The highest BCUT2D eigenvalue weighted by atomic mass is 79.9. The Kier molecular flexibility index (Phi) is 10.5. The number of carbonyl (C=O) groups is 2. The van der Waals surface area contributed by atoms with Gasteiger partial charge in [-0.1, -0.05) is 83.2 Å². The molecule has 0 radical (unpaired) electrons. The van der Waals surface area contributed by atoms with Crippen LogP contribution in [0, 0.1) is 0 Å². The van der Waals surface area contributed by atoms with Crippen molar-refractivity contribution in [3.05, 3.63) is 0 Å². The summed E-state index contributed by atoms with van der Waals surface area (Å²) in [6.07, 6.45) is 14.2. The van der Waals surface area contributed by atoms with Crippen molar-refractivity contribution in [3.8, 4) is 0 Å². The molecule has 7 heteroatoms. The highest BCUT2D eigenvalue weighted by molar-refractivity contribution is 9.09. The largest absolute Gasteiger partial charge is 0.272 e. The van der Waals surface area contributed by atoms with Gasteiger partial charge in [-0.2, -0.15) is 10.1 Å².